The summed E-state index contributed by atoms with van der Waals surface area (Å²) in [6.07, 6.45) is 5.62. The Balaban J connectivity index is 0.00000154. The Morgan fingerprint density at radius 1 is 0.872 bits per heavy atom. The van der Waals surface area contributed by atoms with Crippen molar-refractivity contribution >= 4 is 19.2 Å². The van der Waals surface area contributed by atoms with Gasteiger partial charge in [0.15, 0.2) is 5.60 Å². The third-order valence-corrected chi connectivity index (χ3v) is 10.5. The maximum atomic E-state index is 11.8. The number of methoxy groups -OCH3 is 1. The van der Waals surface area contributed by atoms with Gasteiger partial charge in [0.25, 0.3) is 5.79 Å². The molecule has 2 heterocycles. The number of phosphoric acid groups is 1. The van der Waals surface area contributed by atoms with Crippen molar-refractivity contribution in [3.05, 3.63) is 66.2 Å². The van der Waals surface area contributed by atoms with Crippen molar-refractivity contribution in [2.75, 3.05) is 7.11 Å². The quantitative estimate of drug-likeness (QED) is 0.214. The van der Waals surface area contributed by atoms with Gasteiger partial charge in [-0.1, -0.05) is 36.4 Å². The van der Waals surface area contributed by atoms with Gasteiger partial charge in [0.1, 0.15) is 13.6 Å². The van der Waals surface area contributed by atoms with Crippen molar-refractivity contribution < 1.29 is 92.5 Å². The third-order valence-electron chi connectivity index (χ3n) is 8.95. The maximum absolute atomic E-state index is 11.8. The molecule has 4 aliphatic carbocycles. The van der Waals surface area contributed by atoms with Crippen LogP contribution < -0.4 is 73.4 Å². The molecule has 1 unspecified atom stereocenters. The van der Waals surface area contributed by atoms with Gasteiger partial charge in [0, 0.05) is 28.0 Å². The minimum atomic E-state index is -5.33. The number of ether oxygens (including phenoxy) is 1. The minimum absolute atomic E-state index is 0. The molecule has 5 aliphatic rings. The second-order valence-electron chi connectivity index (χ2n) is 10.9. The molecule has 3 aromatic rings. The van der Waals surface area contributed by atoms with Crippen molar-refractivity contribution in [2.24, 2.45) is 23.7 Å². The molecule has 194 valence electrons. The zero-order valence-electron chi connectivity index (χ0n) is 22.3. The summed E-state index contributed by atoms with van der Waals surface area (Å²) in [6.45, 7) is 0. The fraction of sp³-hybridized carbons (Fsp3) is 0.429. The van der Waals surface area contributed by atoms with Crippen molar-refractivity contribution in [3.63, 3.8) is 0 Å². The van der Waals surface area contributed by atoms with E-state index in [1.54, 1.807) is 19.2 Å². The van der Waals surface area contributed by atoms with Gasteiger partial charge in [-0.2, -0.15) is 4.89 Å². The third kappa shape index (κ3) is 4.92. The van der Waals surface area contributed by atoms with E-state index in [4.69, 9.17) is 19.0 Å². The van der Waals surface area contributed by atoms with Crippen LogP contribution in [-0.4, -0.2) is 12.7 Å². The van der Waals surface area contributed by atoms with Crippen LogP contribution >= 0.6 is 19.2 Å². The van der Waals surface area contributed by atoms with E-state index in [9.17, 15) is 14.4 Å². The topological polar surface area (TPSA) is 100 Å². The molecule has 5 fully saturated rings. The molecule has 0 amide bonds. The fourth-order valence-corrected chi connectivity index (χ4v) is 9.16. The molecule has 4 saturated carbocycles. The molecule has 0 N–H and O–H groups in total. The molecular formula is C28H27Na2O7PS. The van der Waals surface area contributed by atoms with E-state index >= 15 is 0 Å². The first-order chi connectivity index (χ1) is 17.8. The second kappa shape index (κ2) is 11.2. The van der Waals surface area contributed by atoms with Crippen molar-refractivity contribution in [2.45, 2.75) is 43.5 Å². The SMILES string of the molecule is COC1(c2ccc(-c3ccc(-c4ccccc4)s3)c(OP(=O)([O-])[O-])c2)OOC12C1CC3CC(C1)CC2C3.[Na+].[Na+]. The summed E-state index contributed by atoms with van der Waals surface area (Å²) in [4.78, 5) is 37.2. The smallest absolute Gasteiger partial charge is 0.780 e. The van der Waals surface area contributed by atoms with E-state index in [2.05, 4.69) is 0 Å². The number of benzene rings is 2. The predicted molar refractivity (Wildman–Crippen MR) is 134 cm³/mol. The predicted octanol–water partition coefficient (Wildman–Crippen LogP) is -0.746. The van der Waals surface area contributed by atoms with E-state index in [0.717, 1.165) is 52.8 Å². The average Bonchev–Trinajstić information content (AvgIpc) is 3.33. The Hall–Kier alpha value is -0.0300. The Morgan fingerprint density at radius 3 is 2.08 bits per heavy atom. The first-order valence-corrected chi connectivity index (χ1v) is 15.0. The summed E-state index contributed by atoms with van der Waals surface area (Å²) >= 11 is 1.50. The molecule has 2 aromatic carbocycles. The molecule has 1 saturated heterocycles. The van der Waals surface area contributed by atoms with Crippen LogP contribution in [-0.2, 0) is 24.9 Å². The second-order valence-corrected chi connectivity index (χ2v) is 13.0. The van der Waals surface area contributed by atoms with Crippen LogP contribution in [0.1, 0.15) is 37.7 Å². The maximum Gasteiger partial charge on any atom is 1.00 e. The number of hydrogen-bond acceptors (Lipinski definition) is 8. The van der Waals surface area contributed by atoms with Crippen LogP contribution in [0.15, 0.2) is 60.7 Å². The average molecular weight is 585 g/mol. The van der Waals surface area contributed by atoms with Gasteiger partial charge in [0.05, 0.1) is 0 Å². The number of phosphoric ester groups is 1. The molecule has 1 aromatic heterocycles. The van der Waals surface area contributed by atoms with E-state index < -0.39 is 19.2 Å². The Labute approximate surface area is 276 Å². The van der Waals surface area contributed by atoms with E-state index in [0.29, 0.717) is 23.0 Å². The Kier molecular flexibility index (Phi) is 8.76. The molecule has 39 heavy (non-hydrogen) atoms. The summed E-state index contributed by atoms with van der Waals surface area (Å²) in [6, 6.07) is 19.0. The molecule has 11 heteroatoms. The van der Waals surface area contributed by atoms with Gasteiger partial charge in [0.2, 0.25) is 0 Å². The molecule has 4 bridgehead atoms. The summed E-state index contributed by atoms with van der Waals surface area (Å²) in [5, 5.41) is 0. The molecule has 7 nitrogen and oxygen atoms in total. The Bertz CT molecular complexity index is 1360. The van der Waals surface area contributed by atoms with Gasteiger partial charge >= 0.3 is 59.1 Å². The summed E-state index contributed by atoms with van der Waals surface area (Å²) in [5.41, 5.74) is 1.54. The summed E-state index contributed by atoms with van der Waals surface area (Å²) in [7, 11) is -3.73. The van der Waals surface area contributed by atoms with Crippen LogP contribution in [0, 0.1) is 23.7 Å². The number of thiophene rings is 1. The van der Waals surface area contributed by atoms with E-state index in [-0.39, 0.29) is 64.9 Å². The molecule has 8 rings (SSSR count). The van der Waals surface area contributed by atoms with Crippen molar-refractivity contribution in [1.29, 1.82) is 0 Å². The van der Waals surface area contributed by atoms with Crippen molar-refractivity contribution in [1.82, 2.24) is 0 Å². The van der Waals surface area contributed by atoms with Gasteiger partial charge in [-0.3, -0.25) is 0 Å². The van der Waals surface area contributed by atoms with Crippen LogP contribution in [0.25, 0.3) is 20.9 Å². The summed E-state index contributed by atoms with van der Waals surface area (Å²) in [5.74, 6) is 0.829. The zero-order chi connectivity index (χ0) is 25.4. The monoisotopic (exact) mass is 584 g/mol. The Morgan fingerprint density at radius 2 is 1.51 bits per heavy atom. The van der Waals surface area contributed by atoms with Crippen LogP contribution in [0.5, 0.6) is 5.75 Å². The van der Waals surface area contributed by atoms with Crippen LogP contribution in [0.4, 0.5) is 0 Å². The first-order valence-electron chi connectivity index (χ1n) is 12.7. The van der Waals surface area contributed by atoms with E-state index in [1.807, 2.05) is 48.5 Å². The summed E-state index contributed by atoms with van der Waals surface area (Å²) < 4.78 is 22.9. The molecule has 1 spiro atoms. The number of hydrogen-bond donors (Lipinski definition) is 0. The van der Waals surface area contributed by atoms with Gasteiger partial charge in [-0.15, -0.1) is 11.3 Å². The molecule has 1 atom stereocenters. The number of rotatable bonds is 6. The van der Waals surface area contributed by atoms with Crippen molar-refractivity contribution in [3.8, 4) is 26.6 Å². The van der Waals surface area contributed by atoms with Crippen LogP contribution in [0.3, 0.4) is 0 Å². The standard InChI is InChI=1S/C28H29O7PS.2Na/c1-32-28(27(34-35-28)21-12-17-11-18(14-21)15-22(27)13-17)20-7-8-23(24(16-20)33-36(29,30)31)26-10-9-25(37-26)19-5-3-2-4-6-19;;/h2-10,16-18,21-22H,11-15H2,1H3,(H2,29,30,31);;/q;2*+1/p-2. The molecule has 1 aliphatic heterocycles. The van der Waals surface area contributed by atoms with E-state index in [1.165, 1.54) is 17.8 Å². The largest absolute Gasteiger partial charge is 1.00 e. The fourth-order valence-electron chi connectivity index (χ4n) is 7.72. The molecular weight excluding hydrogens is 557 g/mol. The normalized spacial score (nSPS) is 32.3. The minimum Gasteiger partial charge on any atom is -0.780 e. The van der Waals surface area contributed by atoms with Crippen LogP contribution in [0.2, 0.25) is 0 Å². The van der Waals surface area contributed by atoms with Gasteiger partial charge < -0.3 is 23.6 Å². The van der Waals surface area contributed by atoms with Gasteiger partial charge in [-0.25, -0.2) is 4.89 Å². The first kappa shape index (κ1) is 30.4. The molecule has 0 radical (unpaired) electrons. The van der Waals surface area contributed by atoms with Gasteiger partial charge in [-0.05, 0) is 85.6 Å². The zero-order valence-corrected chi connectivity index (χ0v) is 28.0.